The highest BCUT2D eigenvalue weighted by molar-refractivity contribution is 7.91. The number of piperidine rings is 1. The summed E-state index contributed by atoms with van der Waals surface area (Å²) >= 11 is 0. The van der Waals surface area contributed by atoms with Crippen LogP contribution in [0.4, 0.5) is 0 Å². The van der Waals surface area contributed by atoms with E-state index in [1.807, 2.05) is 6.92 Å². The van der Waals surface area contributed by atoms with Crippen molar-refractivity contribution in [3.8, 4) is 0 Å². The average molecular weight is 291 g/mol. The largest absolute Gasteiger partial charge is 0.409 e. The van der Waals surface area contributed by atoms with Crippen molar-refractivity contribution in [3.05, 3.63) is 0 Å². The minimum absolute atomic E-state index is 0.217. The predicted molar refractivity (Wildman–Crippen MR) is 76.1 cm³/mol. The van der Waals surface area contributed by atoms with E-state index in [0.29, 0.717) is 12.3 Å². The number of sulfone groups is 1. The van der Waals surface area contributed by atoms with Gasteiger partial charge in [0.05, 0.1) is 5.75 Å². The lowest BCUT2D eigenvalue weighted by Crippen LogP contribution is -2.45. The number of hydrogen-bond acceptors (Lipinski definition) is 5. The second-order valence-corrected chi connectivity index (χ2v) is 7.95. The number of amidine groups is 1. The molecule has 1 aliphatic rings. The summed E-state index contributed by atoms with van der Waals surface area (Å²) in [5, 5.41) is 11.9. The number of oxime groups is 1. The van der Waals surface area contributed by atoms with Gasteiger partial charge in [-0.1, -0.05) is 19.0 Å². The van der Waals surface area contributed by atoms with E-state index in [9.17, 15) is 8.42 Å². The maximum absolute atomic E-state index is 11.4. The molecule has 0 saturated carbocycles. The summed E-state index contributed by atoms with van der Waals surface area (Å²) in [7, 11) is -2.86. The molecule has 0 amide bonds. The molecule has 0 spiro atoms. The van der Waals surface area contributed by atoms with Gasteiger partial charge < -0.3 is 15.8 Å². The zero-order chi connectivity index (χ0) is 14.5. The number of likely N-dealkylation sites (tertiary alicyclic amines) is 1. The van der Waals surface area contributed by atoms with Crippen molar-refractivity contribution in [3.63, 3.8) is 0 Å². The molecular weight excluding hydrogens is 266 g/mol. The topological polar surface area (TPSA) is 96.0 Å². The van der Waals surface area contributed by atoms with Gasteiger partial charge in [0.25, 0.3) is 0 Å². The van der Waals surface area contributed by atoms with Crippen LogP contribution >= 0.6 is 0 Å². The summed E-state index contributed by atoms with van der Waals surface area (Å²) in [5.41, 5.74) is 5.47. The lowest BCUT2D eigenvalue weighted by Gasteiger charge is -2.38. The number of hydrogen-bond donors (Lipinski definition) is 2. The highest BCUT2D eigenvalue weighted by Crippen LogP contribution is 2.30. The lowest BCUT2D eigenvalue weighted by molar-refractivity contribution is 0.159. The Hall–Kier alpha value is -0.820. The molecule has 1 heterocycles. The Kier molecular flexibility index (Phi) is 5.61. The molecule has 1 aliphatic heterocycles. The molecule has 1 fully saturated rings. The number of rotatable bonds is 6. The van der Waals surface area contributed by atoms with E-state index in [1.54, 1.807) is 6.92 Å². The van der Waals surface area contributed by atoms with E-state index >= 15 is 0 Å². The van der Waals surface area contributed by atoms with Crippen LogP contribution in [0.25, 0.3) is 0 Å². The Morgan fingerprint density at radius 3 is 2.47 bits per heavy atom. The number of nitrogens with two attached hydrogens (primary N) is 1. The Morgan fingerprint density at radius 1 is 1.42 bits per heavy atom. The molecule has 1 saturated heterocycles. The molecule has 3 N–H and O–H groups in total. The zero-order valence-electron chi connectivity index (χ0n) is 11.8. The van der Waals surface area contributed by atoms with Crippen LogP contribution in [0.3, 0.4) is 0 Å². The van der Waals surface area contributed by atoms with Gasteiger partial charge in [-0.2, -0.15) is 0 Å². The molecule has 1 rings (SSSR count). The number of nitrogens with zero attached hydrogens (tertiary/aromatic N) is 2. The maximum atomic E-state index is 11.4. The normalized spacial score (nSPS) is 21.5. The van der Waals surface area contributed by atoms with Crippen LogP contribution in [0.2, 0.25) is 0 Å². The lowest BCUT2D eigenvalue weighted by atomic mass is 9.79. The average Bonchev–Trinajstić information content (AvgIpc) is 2.40. The van der Waals surface area contributed by atoms with Gasteiger partial charge in [-0.3, -0.25) is 0 Å². The highest BCUT2D eigenvalue weighted by Gasteiger charge is 2.33. The fourth-order valence-corrected chi connectivity index (χ4v) is 3.16. The zero-order valence-corrected chi connectivity index (χ0v) is 12.6. The second-order valence-electron chi connectivity index (χ2n) is 5.48. The first-order valence-corrected chi connectivity index (χ1v) is 8.56. The summed E-state index contributed by atoms with van der Waals surface area (Å²) in [5.74, 6) is 0.771. The molecule has 7 heteroatoms. The molecule has 6 nitrogen and oxygen atoms in total. The van der Waals surface area contributed by atoms with E-state index in [0.717, 1.165) is 32.5 Å². The summed E-state index contributed by atoms with van der Waals surface area (Å²) in [6.07, 6.45) is 2.35. The molecule has 0 unspecified atom stereocenters. The minimum Gasteiger partial charge on any atom is -0.409 e. The molecule has 0 aromatic heterocycles. The third-order valence-electron chi connectivity index (χ3n) is 4.06. The Labute approximate surface area is 115 Å². The molecule has 0 aliphatic carbocycles. The van der Waals surface area contributed by atoms with Gasteiger partial charge in [0.2, 0.25) is 0 Å². The fourth-order valence-electron chi connectivity index (χ4n) is 2.30. The van der Waals surface area contributed by atoms with E-state index in [4.69, 9.17) is 10.9 Å². The van der Waals surface area contributed by atoms with E-state index in [2.05, 4.69) is 10.1 Å². The molecular formula is C12H25N3O3S. The minimum atomic E-state index is -2.86. The van der Waals surface area contributed by atoms with Crippen molar-refractivity contribution in [2.24, 2.45) is 16.3 Å². The van der Waals surface area contributed by atoms with Crippen molar-refractivity contribution in [1.82, 2.24) is 4.90 Å². The third kappa shape index (κ3) is 4.65. The van der Waals surface area contributed by atoms with Gasteiger partial charge in [-0.15, -0.1) is 0 Å². The first kappa shape index (κ1) is 16.2. The molecule has 112 valence electrons. The SMILES string of the molecule is CCS(=O)(=O)CCCN1CCC(C)(C(N)=NO)CC1. The first-order chi connectivity index (χ1) is 8.83. The molecule has 0 aromatic carbocycles. The van der Waals surface area contributed by atoms with Crippen LogP contribution in [0.1, 0.15) is 33.1 Å². The van der Waals surface area contributed by atoms with E-state index in [1.165, 1.54) is 0 Å². The predicted octanol–water partition coefficient (Wildman–Crippen LogP) is 0.660. The van der Waals surface area contributed by atoms with Crippen LogP contribution < -0.4 is 5.73 Å². The van der Waals surface area contributed by atoms with E-state index in [-0.39, 0.29) is 16.9 Å². The van der Waals surface area contributed by atoms with Crippen LogP contribution in [-0.2, 0) is 9.84 Å². The van der Waals surface area contributed by atoms with Crippen molar-refractivity contribution in [2.45, 2.75) is 33.1 Å². The Morgan fingerprint density at radius 2 is 2.00 bits per heavy atom. The van der Waals surface area contributed by atoms with Gasteiger partial charge in [-0.05, 0) is 38.9 Å². The van der Waals surface area contributed by atoms with Crippen LogP contribution in [-0.4, -0.2) is 55.5 Å². The Bertz CT molecular complexity index is 412. The second kappa shape index (κ2) is 6.56. The summed E-state index contributed by atoms with van der Waals surface area (Å²) in [6, 6.07) is 0. The fraction of sp³-hybridized carbons (Fsp3) is 0.917. The van der Waals surface area contributed by atoms with Crippen LogP contribution in [0.15, 0.2) is 5.16 Å². The monoisotopic (exact) mass is 291 g/mol. The summed E-state index contributed by atoms with van der Waals surface area (Å²) < 4.78 is 22.8. The molecule has 0 radical (unpaired) electrons. The van der Waals surface area contributed by atoms with Crippen molar-refractivity contribution in [1.29, 1.82) is 0 Å². The van der Waals surface area contributed by atoms with Gasteiger partial charge >= 0.3 is 0 Å². The van der Waals surface area contributed by atoms with Gasteiger partial charge in [-0.25, -0.2) is 8.42 Å². The molecule has 0 bridgehead atoms. The van der Waals surface area contributed by atoms with Crippen LogP contribution in [0, 0.1) is 5.41 Å². The first-order valence-electron chi connectivity index (χ1n) is 6.74. The summed E-state index contributed by atoms with van der Waals surface area (Å²) in [4.78, 5) is 2.25. The van der Waals surface area contributed by atoms with Gasteiger partial charge in [0.1, 0.15) is 15.7 Å². The van der Waals surface area contributed by atoms with Gasteiger partial charge in [0.15, 0.2) is 0 Å². The molecule has 0 aromatic rings. The quantitative estimate of drug-likeness (QED) is 0.324. The molecule has 0 atom stereocenters. The van der Waals surface area contributed by atoms with Crippen molar-refractivity contribution in [2.75, 3.05) is 31.1 Å². The Balaban J connectivity index is 2.35. The van der Waals surface area contributed by atoms with Crippen molar-refractivity contribution >= 4 is 15.7 Å². The van der Waals surface area contributed by atoms with Crippen molar-refractivity contribution < 1.29 is 13.6 Å². The third-order valence-corrected chi connectivity index (χ3v) is 5.85. The molecule has 19 heavy (non-hydrogen) atoms. The van der Waals surface area contributed by atoms with Gasteiger partial charge in [0, 0.05) is 11.2 Å². The standard InChI is InChI=1S/C12H25N3O3S/c1-3-19(17,18)10-4-7-15-8-5-12(2,6-9-15)11(13)14-16/h16H,3-10H2,1-2H3,(H2,13,14). The highest BCUT2D eigenvalue weighted by atomic mass is 32.2. The van der Waals surface area contributed by atoms with E-state index < -0.39 is 9.84 Å². The smallest absolute Gasteiger partial charge is 0.150 e. The van der Waals surface area contributed by atoms with Crippen LogP contribution in [0.5, 0.6) is 0 Å². The summed E-state index contributed by atoms with van der Waals surface area (Å²) in [6.45, 7) is 6.20. The maximum Gasteiger partial charge on any atom is 0.150 e.